The fourth-order valence-corrected chi connectivity index (χ4v) is 3.33. The Hall–Kier alpha value is -2.14. The molecule has 1 aliphatic heterocycles. The Balaban J connectivity index is 2.23. The number of halogens is 1. The van der Waals surface area contributed by atoms with Gasteiger partial charge in [0.25, 0.3) is 0 Å². The number of hydrogen-bond donors (Lipinski definition) is 0. The predicted molar refractivity (Wildman–Crippen MR) is 84.5 cm³/mol. The van der Waals surface area contributed by atoms with Gasteiger partial charge in [-0.1, -0.05) is 24.3 Å². The number of fused-ring (bicyclic) bond motifs is 1. The van der Waals surface area contributed by atoms with Crippen molar-refractivity contribution in [2.45, 2.75) is 11.4 Å². The number of hydrogen-bond acceptors (Lipinski definition) is 3. The van der Waals surface area contributed by atoms with Crippen LogP contribution >= 0.6 is 0 Å². The van der Waals surface area contributed by atoms with Crippen LogP contribution in [-0.2, 0) is 16.4 Å². The zero-order valence-electron chi connectivity index (χ0n) is 12.4. The highest BCUT2D eigenvalue weighted by molar-refractivity contribution is 7.90. The average Bonchev–Trinajstić information content (AvgIpc) is 2.45. The largest absolute Gasteiger partial charge is 0.376 e. The van der Waals surface area contributed by atoms with Gasteiger partial charge in [0.15, 0.2) is 9.84 Å². The normalized spacial score (nSPS) is 14.5. The Morgan fingerprint density at radius 2 is 1.82 bits per heavy atom. The van der Waals surface area contributed by atoms with Gasteiger partial charge < -0.3 is 4.90 Å². The van der Waals surface area contributed by atoms with E-state index in [9.17, 15) is 12.8 Å². The lowest BCUT2D eigenvalue weighted by Gasteiger charge is -2.26. The van der Waals surface area contributed by atoms with Crippen molar-refractivity contribution >= 4 is 15.4 Å². The van der Waals surface area contributed by atoms with Crippen LogP contribution in [0.4, 0.5) is 4.39 Å². The summed E-state index contributed by atoms with van der Waals surface area (Å²) in [5, 5.41) is 0. The highest BCUT2D eigenvalue weighted by Crippen LogP contribution is 2.33. The highest BCUT2D eigenvalue weighted by atomic mass is 32.2. The van der Waals surface area contributed by atoms with Crippen molar-refractivity contribution in [2.24, 2.45) is 0 Å². The highest BCUT2D eigenvalue weighted by Gasteiger charge is 2.20. The lowest BCUT2D eigenvalue weighted by atomic mass is 9.92. The van der Waals surface area contributed by atoms with E-state index in [-0.39, 0.29) is 4.90 Å². The molecule has 5 heteroatoms. The van der Waals surface area contributed by atoms with Crippen molar-refractivity contribution in [1.82, 2.24) is 4.90 Å². The lowest BCUT2D eigenvalue weighted by Crippen LogP contribution is -2.18. The molecular weight excluding hydrogens is 301 g/mol. The topological polar surface area (TPSA) is 37.4 Å². The maximum atomic E-state index is 14.3. The Kier molecular flexibility index (Phi) is 3.53. The first-order valence-electron chi connectivity index (χ1n) is 6.86. The maximum absolute atomic E-state index is 14.3. The molecule has 2 aromatic rings. The molecule has 0 atom stereocenters. The van der Waals surface area contributed by atoms with Gasteiger partial charge in [-0.15, -0.1) is 0 Å². The van der Waals surface area contributed by atoms with Gasteiger partial charge >= 0.3 is 0 Å². The molecule has 1 aliphatic rings. The molecule has 0 amide bonds. The number of benzene rings is 2. The zero-order chi connectivity index (χ0) is 15.9. The minimum Gasteiger partial charge on any atom is -0.376 e. The van der Waals surface area contributed by atoms with E-state index in [0.29, 0.717) is 11.1 Å². The summed E-state index contributed by atoms with van der Waals surface area (Å²) in [5.74, 6) is -0.427. The second kappa shape index (κ2) is 5.25. The summed E-state index contributed by atoms with van der Waals surface area (Å²) in [7, 11) is -1.47. The number of nitrogens with zero attached hydrogens (tertiary/aromatic N) is 1. The molecule has 3 rings (SSSR count). The molecule has 2 aromatic carbocycles. The molecule has 1 heterocycles. The summed E-state index contributed by atoms with van der Waals surface area (Å²) in [6.07, 6.45) is 2.98. The first-order chi connectivity index (χ1) is 10.4. The SMILES string of the molecule is CN1C=C(c2cc(S(C)(=O)=O)ccc2F)c2ccccc2C1. The average molecular weight is 317 g/mol. The summed E-state index contributed by atoms with van der Waals surface area (Å²) in [5.41, 5.74) is 3.03. The van der Waals surface area contributed by atoms with Crippen LogP contribution in [0.25, 0.3) is 5.57 Å². The van der Waals surface area contributed by atoms with Crippen LogP contribution in [0.2, 0.25) is 0 Å². The molecule has 0 N–H and O–H groups in total. The molecule has 0 saturated carbocycles. The van der Waals surface area contributed by atoms with E-state index in [1.807, 2.05) is 42.4 Å². The van der Waals surface area contributed by atoms with E-state index in [2.05, 4.69) is 0 Å². The van der Waals surface area contributed by atoms with Crippen molar-refractivity contribution < 1.29 is 12.8 Å². The van der Waals surface area contributed by atoms with Crippen molar-refractivity contribution in [3.63, 3.8) is 0 Å². The van der Waals surface area contributed by atoms with Crippen molar-refractivity contribution in [1.29, 1.82) is 0 Å². The standard InChI is InChI=1S/C17H16FNO2S/c1-19-10-12-5-3-4-6-14(12)16(11-19)15-9-13(22(2,20)21)7-8-17(15)18/h3-9,11H,10H2,1-2H3. The van der Waals surface area contributed by atoms with Crippen molar-refractivity contribution in [2.75, 3.05) is 13.3 Å². The van der Waals surface area contributed by atoms with E-state index in [1.165, 1.54) is 18.2 Å². The predicted octanol–water partition coefficient (Wildman–Crippen LogP) is 3.06. The maximum Gasteiger partial charge on any atom is 0.175 e. The number of rotatable bonds is 2. The molecule has 3 nitrogen and oxygen atoms in total. The molecule has 0 unspecified atom stereocenters. The third-order valence-corrected chi connectivity index (χ3v) is 4.84. The minimum absolute atomic E-state index is 0.121. The second-order valence-corrected chi connectivity index (χ2v) is 7.54. The third-order valence-electron chi connectivity index (χ3n) is 3.73. The van der Waals surface area contributed by atoms with E-state index < -0.39 is 15.7 Å². The molecule has 0 aliphatic carbocycles. The molecule has 114 valence electrons. The number of sulfone groups is 1. The van der Waals surface area contributed by atoms with E-state index >= 15 is 0 Å². The Morgan fingerprint density at radius 1 is 1.09 bits per heavy atom. The second-order valence-electron chi connectivity index (χ2n) is 5.53. The fourth-order valence-electron chi connectivity index (χ4n) is 2.68. The summed E-state index contributed by atoms with van der Waals surface area (Å²) < 4.78 is 37.8. The molecule has 0 fully saturated rings. The summed E-state index contributed by atoms with van der Waals surface area (Å²) in [6.45, 7) is 0.743. The van der Waals surface area contributed by atoms with Crippen LogP contribution in [0.3, 0.4) is 0 Å². The zero-order valence-corrected chi connectivity index (χ0v) is 13.2. The smallest absolute Gasteiger partial charge is 0.175 e. The van der Waals surface area contributed by atoms with E-state index in [4.69, 9.17) is 0 Å². The van der Waals surface area contributed by atoms with Crippen molar-refractivity contribution in [3.05, 3.63) is 71.2 Å². The summed E-state index contributed by atoms with van der Waals surface area (Å²) in [6, 6.07) is 11.7. The molecule has 0 radical (unpaired) electrons. The summed E-state index contributed by atoms with van der Waals surface area (Å²) >= 11 is 0. The molecule has 22 heavy (non-hydrogen) atoms. The van der Waals surface area contributed by atoms with Crippen LogP contribution in [0, 0.1) is 5.82 Å². The molecule has 0 saturated heterocycles. The van der Waals surface area contributed by atoms with Crippen LogP contribution in [0.1, 0.15) is 16.7 Å². The monoisotopic (exact) mass is 317 g/mol. The summed E-state index contributed by atoms with van der Waals surface area (Å²) in [4.78, 5) is 2.08. The van der Waals surface area contributed by atoms with Gasteiger partial charge in [0, 0.05) is 37.2 Å². The van der Waals surface area contributed by atoms with Crippen LogP contribution < -0.4 is 0 Å². The first kappa shape index (κ1) is 14.8. The van der Waals surface area contributed by atoms with Gasteiger partial charge in [-0.05, 0) is 29.3 Å². The van der Waals surface area contributed by atoms with Gasteiger partial charge in [-0.2, -0.15) is 0 Å². The fraction of sp³-hybridized carbons (Fsp3) is 0.176. The molecule has 0 aromatic heterocycles. The third kappa shape index (κ3) is 2.64. The Bertz CT molecular complexity index is 872. The van der Waals surface area contributed by atoms with Crippen LogP contribution in [-0.4, -0.2) is 26.6 Å². The Morgan fingerprint density at radius 3 is 2.55 bits per heavy atom. The van der Waals surface area contributed by atoms with E-state index in [1.54, 1.807) is 0 Å². The molecular formula is C17H16FNO2S. The first-order valence-corrected chi connectivity index (χ1v) is 8.76. The van der Waals surface area contributed by atoms with Gasteiger partial charge in [0.2, 0.25) is 0 Å². The van der Waals surface area contributed by atoms with Gasteiger partial charge in [0.05, 0.1) is 4.90 Å². The Labute approximate surface area is 129 Å². The van der Waals surface area contributed by atoms with E-state index in [0.717, 1.165) is 23.9 Å². The van der Waals surface area contributed by atoms with Crippen molar-refractivity contribution in [3.8, 4) is 0 Å². The van der Waals surface area contributed by atoms with Gasteiger partial charge in [0.1, 0.15) is 5.82 Å². The quantitative estimate of drug-likeness (QED) is 0.799. The van der Waals surface area contributed by atoms with Crippen LogP contribution in [0.15, 0.2) is 53.6 Å². The lowest BCUT2D eigenvalue weighted by molar-refractivity contribution is 0.445. The molecule has 0 bridgehead atoms. The van der Waals surface area contributed by atoms with Gasteiger partial charge in [-0.3, -0.25) is 0 Å². The minimum atomic E-state index is -3.38. The molecule has 0 spiro atoms. The van der Waals surface area contributed by atoms with Gasteiger partial charge in [-0.25, -0.2) is 12.8 Å². The van der Waals surface area contributed by atoms with Crippen LogP contribution in [0.5, 0.6) is 0 Å².